The Kier molecular flexibility index (Phi) is 7.94. The van der Waals surface area contributed by atoms with Gasteiger partial charge in [-0.1, -0.05) is 78.5 Å². The Labute approximate surface area is 274 Å². The highest BCUT2D eigenvalue weighted by atomic mass is 32.2. The smallest absolute Gasteiger partial charge is 0.338 e. The van der Waals surface area contributed by atoms with Gasteiger partial charge in [-0.3, -0.25) is 14.4 Å². The van der Waals surface area contributed by atoms with Gasteiger partial charge in [-0.25, -0.2) is 14.7 Å². The molecule has 2 aliphatic rings. The Morgan fingerprint density at radius 1 is 0.851 bits per heavy atom. The number of esters is 1. The van der Waals surface area contributed by atoms with Crippen LogP contribution in [0.25, 0.3) is 22.4 Å². The molecule has 1 atom stereocenters. The molecule has 0 N–H and O–H groups in total. The highest BCUT2D eigenvalue weighted by Crippen LogP contribution is 2.37. The summed E-state index contributed by atoms with van der Waals surface area (Å²) < 4.78 is 5.31. The number of Topliss-reactive ketones (excluding diaryl/α,β-unsaturated/α-hetero) is 1. The highest BCUT2D eigenvalue weighted by molar-refractivity contribution is 8.00. The van der Waals surface area contributed by atoms with Crippen molar-refractivity contribution in [3.05, 3.63) is 137 Å². The first-order valence-electron chi connectivity index (χ1n) is 14.9. The summed E-state index contributed by atoms with van der Waals surface area (Å²) in [7, 11) is 0. The number of benzene rings is 4. The van der Waals surface area contributed by atoms with E-state index in [4.69, 9.17) is 4.74 Å². The molecule has 4 aromatic carbocycles. The van der Waals surface area contributed by atoms with E-state index in [-0.39, 0.29) is 17.8 Å². The number of anilines is 1. The van der Waals surface area contributed by atoms with E-state index in [1.807, 2.05) is 54.6 Å². The molecule has 228 valence electrons. The molecule has 1 unspecified atom stereocenters. The molecule has 2 amide bonds. The van der Waals surface area contributed by atoms with Gasteiger partial charge in [0, 0.05) is 17.5 Å². The maximum atomic E-state index is 13.4. The molecule has 9 heteroatoms. The Morgan fingerprint density at radius 2 is 1.57 bits per heavy atom. The van der Waals surface area contributed by atoms with Gasteiger partial charge >= 0.3 is 5.97 Å². The molecule has 1 aliphatic heterocycles. The van der Waals surface area contributed by atoms with E-state index in [9.17, 15) is 24.4 Å². The summed E-state index contributed by atoms with van der Waals surface area (Å²) in [5.74, 6) is -1.84. The van der Waals surface area contributed by atoms with E-state index in [1.54, 1.807) is 18.2 Å². The molecule has 1 fully saturated rings. The van der Waals surface area contributed by atoms with Crippen LogP contribution in [0.2, 0.25) is 0 Å². The van der Waals surface area contributed by atoms with Crippen LogP contribution in [0.4, 0.5) is 5.69 Å². The zero-order valence-electron chi connectivity index (χ0n) is 24.9. The summed E-state index contributed by atoms with van der Waals surface area (Å²) >= 11 is 1.09. The third-order valence-electron chi connectivity index (χ3n) is 8.22. The molecule has 47 heavy (non-hydrogen) atoms. The van der Waals surface area contributed by atoms with Gasteiger partial charge in [0.2, 0.25) is 11.8 Å². The van der Waals surface area contributed by atoms with E-state index in [2.05, 4.69) is 23.2 Å². The molecule has 0 saturated carbocycles. The normalized spacial score (nSPS) is 14.8. The van der Waals surface area contributed by atoms with Crippen molar-refractivity contribution < 1.29 is 23.9 Å². The van der Waals surface area contributed by atoms with Gasteiger partial charge in [-0.2, -0.15) is 5.26 Å². The minimum Gasteiger partial charge on any atom is -0.454 e. The molecule has 0 spiro atoms. The fraction of sp³-hybridized carbons (Fsp3) is 0.105. The summed E-state index contributed by atoms with van der Waals surface area (Å²) in [6.07, 6.45) is 0.686. The van der Waals surface area contributed by atoms with E-state index in [0.717, 1.165) is 39.8 Å². The number of hydrogen-bond donors (Lipinski definition) is 0. The first-order valence-corrected chi connectivity index (χ1v) is 15.8. The van der Waals surface area contributed by atoms with Gasteiger partial charge in [-0.15, -0.1) is 0 Å². The zero-order chi connectivity index (χ0) is 32.5. The number of carbonyl (C=O) groups excluding carboxylic acids is 4. The van der Waals surface area contributed by atoms with E-state index >= 15 is 0 Å². The van der Waals surface area contributed by atoms with Crippen molar-refractivity contribution in [2.24, 2.45) is 0 Å². The Bertz CT molecular complexity index is 2120. The minimum atomic E-state index is -0.767. The maximum absolute atomic E-state index is 13.4. The van der Waals surface area contributed by atoms with Crippen molar-refractivity contribution >= 4 is 41.0 Å². The van der Waals surface area contributed by atoms with Crippen LogP contribution in [-0.4, -0.2) is 40.4 Å². The quantitative estimate of drug-likeness (QED) is 0.104. The van der Waals surface area contributed by atoms with Gasteiger partial charge in [0.15, 0.2) is 12.4 Å². The molecule has 5 aromatic rings. The zero-order valence-corrected chi connectivity index (χ0v) is 25.7. The second-order valence-electron chi connectivity index (χ2n) is 11.2. The molecule has 0 bridgehead atoms. The summed E-state index contributed by atoms with van der Waals surface area (Å²) in [5, 5.41) is 9.25. The third-order valence-corrected chi connectivity index (χ3v) is 9.41. The van der Waals surface area contributed by atoms with Crippen LogP contribution in [0.5, 0.6) is 0 Å². The SMILES string of the molecule is N#Cc1ccc(-c2ccccc2)nc1SC1CC(=O)N(c2ccc(C(=O)OCC(=O)c3ccc4c(c3)Cc3ccccc3-4)cc2)C1=O. The summed E-state index contributed by atoms with van der Waals surface area (Å²) in [6.45, 7) is -0.418. The van der Waals surface area contributed by atoms with Crippen LogP contribution < -0.4 is 4.90 Å². The van der Waals surface area contributed by atoms with Crippen molar-refractivity contribution in [2.45, 2.75) is 23.1 Å². The van der Waals surface area contributed by atoms with Crippen LogP contribution >= 0.6 is 11.8 Å². The minimum absolute atomic E-state index is 0.0632. The monoisotopic (exact) mass is 635 g/mol. The molecule has 0 radical (unpaired) electrons. The predicted octanol–water partition coefficient (Wildman–Crippen LogP) is 6.66. The number of ketones is 1. The van der Waals surface area contributed by atoms with Crippen molar-refractivity contribution in [2.75, 3.05) is 11.5 Å². The number of nitriles is 1. The number of hydrogen-bond acceptors (Lipinski definition) is 8. The number of rotatable bonds is 8. The van der Waals surface area contributed by atoms with Crippen molar-refractivity contribution in [1.29, 1.82) is 5.26 Å². The lowest BCUT2D eigenvalue weighted by Gasteiger charge is -2.15. The van der Waals surface area contributed by atoms with Crippen LogP contribution in [0.3, 0.4) is 0 Å². The van der Waals surface area contributed by atoms with Crippen molar-refractivity contribution in [3.8, 4) is 28.5 Å². The van der Waals surface area contributed by atoms with Crippen LogP contribution in [-0.2, 0) is 20.7 Å². The lowest BCUT2D eigenvalue weighted by atomic mass is 10.0. The average molecular weight is 636 g/mol. The summed E-state index contributed by atoms with van der Waals surface area (Å²) in [4.78, 5) is 57.7. The first kappa shape index (κ1) is 29.8. The molecule has 1 saturated heterocycles. The predicted molar refractivity (Wildman–Crippen MR) is 177 cm³/mol. The summed E-state index contributed by atoms with van der Waals surface area (Å²) in [6, 6.07) is 34.6. The number of fused-ring (bicyclic) bond motifs is 3. The molecule has 8 nitrogen and oxygen atoms in total. The van der Waals surface area contributed by atoms with Crippen molar-refractivity contribution in [3.63, 3.8) is 0 Å². The second kappa shape index (κ2) is 12.5. The molecule has 2 heterocycles. The van der Waals surface area contributed by atoms with Gasteiger partial charge < -0.3 is 4.74 Å². The Balaban J connectivity index is 0.990. The van der Waals surface area contributed by atoms with Gasteiger partial charge in [0.05, 0.1) is 27.8 Å². The number of amides is 2. The van der Waals surface area contributed by atoms with Crippen LogP contribution in [0.1, 0.15) is 43.8 Å². The number of imide groups is 1. The molecule has 1 aliphatic carbocycles. The number of pyridine rings is 1. The molecule has 7 rings (SSSR count). The van der Waals surface area contributed by atoms with Crippen LogP contribution in [0, 0.1) is 11.3 Å². The largest absolute Gasteiger partial charge is 0.454 e. The Hall–Kier alpha value is -5.85. The molecular weight excluding hydrogens is 611 g/mol. The Morgan fingerprint density at radius 3 is 2.36 bits per heavy atom. The van der Waals surface area contributed by atoms with E-state index < -0.39 is 29.6 Å². The second-order valence-corrected chi connectivity index (χ2v) is 12.3. The number of carbonyl (C=O) groups is 4. The van der Waals surface area contributed by atoms with Gasteiger partial charge in [0.25, 0.3) is 0 Å². The molecular formula is C38H25N3O5S. The average Bonchev–Trinajstić information content (AvgIpc) is 3.62. The third kappa shape index (κ3) is 5.83. The summed E-state index contributed by atoms with van der Waals surface area (Å²) in [5.41, 5.74) is 7.35. The highest BCUT2D eigenvalue weighted by Gasteiger charge is 2.41. The topological polar surface area (TPSA) is 117 Å². The fourth-order valence-electron chi connectivity index (χ4n) is 5.85. The van der Waals surface area contributed by atoms with Gasteiger partial charge in [0.1, 0.15) is 11.1 Å². The van der Waals surface area contributed by atoms with Gasteiger partial charge in [-0.05, 0) is 71.1 Å². The van der Waals surface area contributed by atoms with E-state index in [1.165, 1.54) is 35.4 Å². The number of aromatic nitrogens is 1. The molecule has 1 aromatic heterocycles. The van der Waals surface area contributed by atoms with Crippen molar-refractivity contribution in [1.82, 2.24) is 4.98 Å². The fourth-order valence-corrected chi connectivity index (χ4v) is 6.94. The lowest BCUT2D eigenvalue weighted by Crippen LogP contribution is -2.31. The number of nitrogens with zero attached hydrogens (tertiary/aromatic N) is 3. The van der Waals surface area contributed by atoms with E-state index in [0.29, 0.717) is 27.5 Å². The lowest BCUT2D eigenvalue weighted by molar-refractivity contribution is -0.121. The number of thioether (sulfide) groups is 1. The maximum Gasteiger partial charge on any atom is 0.338 e. The number of ether oxygens (including phenoxy) is 1. The van der Waals surface area contributed by atoms with Crippen LogP contribution in [0.15, 0.2) is 114 Å². The standard InChI is InChI=1S/C38H25N3O5S/c39-21-27-13-17-32(23-6-2-1-3-7-23)40-36(27)47-34-20-35(43)41(37(34)44)29-14-10-24(11-15-29)38(45)46-22-33(42)26-12-16-31-28(19-26)18-25-8-4-5-9-30(25)31/h1-17,19,34H,18,20,22H2. The first-order chi connectivity index (χ1) is 22.9.